The van der Waals surface area contributed by atoms with Gasteiger partial charge in [-0.1, -0.05) is 18.2 Å². The van der Waals surface area contributed by atoms with E-state index >= 15 is 0 Å². The number of benzene rings is 1. The van der Waals surface area contributed by atoms with Gasteiger partial charge in [-0.3, -0.25) is 9.59 Å². The second-order valence-electron chi connectivity index (χ2n) is 7.19. The van der Waals surface area contributed by atoms with Crippen LogP contribution in [-0.4, -0.2) is 38.2 Å². The fraction of sp³-hybridized carbons (Fsp3) is 0.174. The summed E-state index contributed by atoms with van der Waals surface area (Å²) in [5.41, 5.74) is 4.32. The largest absolute Gasteiger partial charge is 0.358 e. The molecule has 156 valence electrons. The molecule has 0 atom stereocenters. The molecule has 0 fully saturated rings. The minimum Gasteiger partial charge on any atom is -0.358 e. The predicted molar refractivity (Wildman–Crippen MR) is 119 cm³/mol. The third-order valence-electron chi connectivity index (χ3n) is 5.01. The highest BCUT2D eigenvalue weighted by Gasteiger charge is 2.11. The number of aromatic nitrogens is 4. The van der Waals surface area contributed by atoms with Crippen LogP contribution in [0.2, 0.25) is 0 Å². The zero-order chi connectivity index (χ0) is 21.8. The molecule has 8 nitrogen and oxygen atoms in total. The van der Waals surface area contributed by atoms with Crippen molar-refractivity contribution in [3.05, 3.63) is 77.4 Å². The molecule has 0 saturated heterocycles. The summed E-state index contributed by atoms with van der Waals surface area (Å²) >= 11 is 0. The minimum absolute atomic E-state index is 0.0544. The molecule has 31 heavy (non-hydrogen) atoms. The Kier molecular flexibility index (Phi) is 5.70. The Morgan fingerprint density at radius 2 is 1.81 bits per heavy atom. The van der Waals surface area contributed by atoms with Crippen molar-refractivity contribution in [2.75, 3.05) is 11.9 Å². The van der Waals surface area contributed by atoms with E-state index in [9.17, 15) is 9.59 Å². The first-order valence-electron chi connectivity index (χ1n) is 9.91. The van der Waals surface area contributed by atoms with Crippen molar-refractivity contribution in [3.8, 4) is 0 Å². The van der Waals surface area contributed by atoms with Crippen LogP contribution in [0.15, 0.2) is 55.0 Å². The first-order valence-corrected chi connectivity index (χ1v) is 9.91. The van der Waals surface area contributed by atoms with Gasteiger partial charge in [0.05, 0.1) is 5.56 Å². The summed E-state index contributed by atoms with van der Waals surface area (Å²) in [5.74, 6) is 0.458. The maximum atomic E-state index is 12.4. The van der Waals surface area contributed by atoms with Crippen LogP contribution in [0.4, 0.5) is 11.8 Å². The Bertz CT molecular complexity index is 1250. The number of para-hydroxylation sites is 1. The van der Waals surface area contributed by atoms with E-state index in [1.807, 2.05) is 25.1 Å². The standard InChI is InChI=1S/C23H22N6O2/c1-14-18(19-5-3-4-6-20(19)28-14)8-10-25-22(31)17-12-26-23(27-13-17)29-21-11-16(15(2)30)7-9-24-21/h3-7,9,11-13,28H,8,10H2,1-2H3,(H,25,31)(H,24,26,27,29). The van der Waals surface area contributed by atoms with E-state index in [-0.39, 0.29) is 11.7 Å². The number of pyridine rings is 1. The molecule has 0 aliphatic heterocycles. The van der Waals surface area contributed by atoms with E-state index in [0.29, 0.717) is 29.4 Å². The number of Topliss-reactive ketones (excluding diaryl/α,β-unsaturated/α-hetero) is 1. The van der Waals surface area contributed by atoms with Crippen LogP contribution in [-0.2, 0) is 6.42 Å². The van der Waals surface area contributed by atoms with Crippen molar-refractivity contribution >= 4 is 34.4 Å². The van der Waals surface area contributed by atoms with Gasteiger partial charge in [-0.15, -0.1) is 0 Å². The summed E-state index contributed by atoms with van der Waals surface area (Å²) in [6.45, 7) is 4.03. The number of fused-ring (bicyclic) bond motifs is 1. The molecule has 3 heterocycles. The van der Waals surface area contributed by atoms with Gasteiger partial charge >= 0.3 is 0 Å². The zero-order valence-corrected chi connectivity index (χ0v) is 17.3. The number of hydrogen-bond donors (Lipinski definition) is 3. The molecule has 4 rings (SSSR count). The first-order chi connectivity index (χ1) is 15.0. The number of H-pyrrole nitrogens is 1. The van der Waals surface area contributed by atoms with Gasteiger partial charge in [-0.2, -0.15) is 0 Å². The molecule has 0 bridgehead atoms. The fourth-order valence-electron chi connectivity index (χ4n) is 3.40. The van der Waals surface area contributed by atoms with Crippen LogP contribution in [0, 0.1) is 6.92 Å². The number of ketones is 1. The Morgan fingerprint density at radius 1 is 1.03 bits per heavy atom. The summed E-state index contributed by atoms with van der Waals surface area (Å²) in [6, 6.07) is 11.4. The normalized spacial score (nSPS) is 10.8. The van der Waals surface area contributed by atoms with Gasteiger partial charge in [0.2, 0.25) is 5.95 Å². The first kappa shape index (κ1) is 20.2. The molecule has 3 N–H and O–H groups in total. The van der Waals surface area contributed by atoms with E-state index in [0.717, 1.165) is 17.6 Å². The molecular formula is C23H22N6O2. The molecule has 4 aromatic rings. The quantitative estimate of drug-likeness (QED) is 0.399. The van der Waals surface area contributed by atoms with E-state index in [2.05, 4.69) is 36.6 Å². The minimum atomic E-state index is -0.235. The van der Waals surface area contributed by atoms with Gasteiger partial charge < -0.3 is 15.6 Å². The number of aryl methyl sites for hydroxylation is 1. The molecular weight excluding hydrogens is 392 g/mol. The van der Waals surface area contributed by atoms with Crippen LogP contribution in [0.5, 0.6) is 0 Å². The number of nitrogens with one attached hydrogen (secondary N) is 3. The molecule has 1 amide bonds. The molecule has 0 unspecified atom stereocenters. The van der Waals surface area contributed by atoms with E-state index < -0.39 is 0 Å². The molecule has 3 aromatic heterocycles. The van der Waals surface area contributed by atoms with Gasteiger partial charge in [-0.25, -0.2) is 15.0 Å². The highest BCUT2D eigenvalue weighted by atomic mass is 16.1. The molecule has 0 aliphatic carbocycles. The SMILES string of the molecule is CC(=O)c1ccnc(Nc2ncc(C(=O)NCCc3c(C)[nH]c4ccccc34)cn2)c1. The van der Waals surface area contributed by atoms with Gasteiger partial charge in [0.25, 0.3) is 5.91 Å². The van der Waals surface area contributed by atoms with Gasteiger partial charge in [0.15, 0.2) is 5.78 Å². The van der Waals surface area contributed by atoms with Crippen LogP contribution in [0.1, 0.15) is 38.9 Å². The third-order valence-corrected chi connectivity index (χ3v) is 5.01. The van der Waals surface area contributed by atoms with Crippen molar-refractivity contribution < 1.29 is 9.59 Å². The lowest BCUT2D eigenvalue weighted by atomic mass is 10.1. The number of carbonyl (C=O) groups excluding carboxylic acids is 2. The number of nitrogens with zero attached hydrogens (tertiary/aromatic N) is 3. The Labute approximate surface area is 179 Å². The van der Waals surface area contributed by atoms with Crippen molar-refractivity contribution in [2.45, 2.75) is 20.3 Å². The van der Waals surface area contributed by atoms with E-state index in [1.165, 1.54) is 36.5 Å². The summed E-state index contributed by atoms with van der Waals surface area (Å²) in [7, 11) is 0. The summed E-state index contributed by atoms with van der Waals surface area (Å²) in [4.78, 5) is 39.8. The monoisotopic (exact) mass is 414 g/mol. The number of amides is 1. The predicted octanol–water partition coefficient (Wildman–Crippen LogP) is 3.58. The third kappa shape index (κ3) is 4.58. The van der Waals surface area contributed by atoms with Crippen LogP contribution < -0.4 is 10.6 Å². The lowest BCUT2D eigenvalue weighted by Crippen LogP contribution is -2.26. The molecule has 0 radical (unpaired) electrons. The fourth-order valence-corrected chi connectivity index (χ4v) is 3.40. The van der Waals surface area contributed by atoms with Crippen molar-refractivity contribution in [1.29, 1.82) is 0 Å². The Morgan fingerprint density at radius 3 is 2.58 bits per heavy atom. The van der Waals surface area contributed by atoms with Crippen molar-refractivity contribution in [3.63, 3.8) is 0 Å². The highest BCUT2D eigenvalue weighted by Crippen LogP contribution is 2.22. The summed E-state index contributed by atoms with van der Waals surface area (Å²) < 4.78 is 0. The highest BCUT2D eigenvalue weighted by molar-refractivity contribution is 5.95. The van der Waals surface area contributed by atoms with Crippen molar-refractivity contribution in [2.24, 2.45) is 0 Å². The van der Waals surface area contributed by atoms with Crippen LogP contribution in [0.25, 0.3) is 10.9 Å². The number of aromatic amines is 1. The van der Waals surface area contributed by atoms with Gasteiger partial charge in [-0.05, 0) is 44.0 Å². The summed E-state index contributed by atoms with van der Waals surface area (Å²) in [5, 5.41) is 7.02. The lowest BCUT2D eigenvalue weighted by molar-refractivity contribution is 0.0952. The maximum absolute atomic E-state index is 12.4. The Balaban J connectivity index is 1.35. The second-order valence-corrected chi connectivity index (χ2v) is 7.19. The van der Waals surface area contributed by atoms with Crippen LogP contribution >= 0.6 is 0 Å². The average Bonchev–Trinajstić information content (AvgIpc) is 3.09. The second kappa shape index (κ2) is 8.74. The smallest absolute Gasteiger partial charge is 0.254 e. The van der Waals surface area contributed by atoms with Crippen molar-refractivity contribution in [1.82, 2.24) is 25.3 Å². The molecule has 8 heteroatoms. The van der Waals surface area contributed by atoms with E-state index in [1.54, 1.807) is 12.1 Å². The lowest BCUT2D eigenvalue weighted by Gasteiger charge is -2.07. The molecule has 0 saturated carbocycles. The van der Waals surface area contributed by atoms with Gasteiger partial charge in [0.1, 0.15) is 5.82 Å². The number of carbonyl (C=O) groups is 2. The van der Waals surface area contributed by atoms with Gasteiger partial charge in [0, 0.05) is 47.3 Å². The number of anilines is 2. The molecule has 0 aliphatic rings. The zero-order valence-electron chi connectivity index (χ0n) is 17.3. The molecule has 1 aromatic carbocycles. The van der Waals surface area contributed by atoms with E-state index in [4.69, 9.17) is 0 Å². The average molecular weight is 414 g/mol. The number of rotatable bonds is 7. The Hall–Kier alpha value is -4.07. The maximum Gasteiger partial charge on any atom is 0.254 e. The topological polar surface area (TPSA) is 113 Å². The number of hydrogen-bond acceptors (Lipinski definition) is 6. The molecule has 0 spiro atoms. The summed E-state index contributed by atoms with van der Waals surface area (Å²) in [6.07, 6.45) is 5.17. The van der Waals surface area contributed by atoms with Crippen LogP contribution in [0.3, 0.4) is 0 Å².